The molecular weight excluding hydrogens is 352 g/mol. The van der Waals surface area contributed by atoms with E-state index in [0.717, 1.165) is 5.56 Å². The summed E-state index contributed by atoms with van der Waals surface area (Å²) in [6, 6.07) is 16.8. The van der Waals surface area contributed by atoms with E-state index in [4.69, 9.17) is 4.74 Å². The fourth-order valence-electron chi connectivity index (χ4n) is 3.19. The van der Waals surface area contributed by atoms with E-state index in [0.29, 0.717) is 17.0 Å². The molecule has 0 aliphatic carbocycles. The number of nitriles is 1. The van der Waals surface area contributed by atoms with Gasteiger partial charge in [0.2, 0.25) is 0 Å². The van der Waals surface area contributed by atoms with Crippen molar-refractivity contribution in [2.24, 2.45) is 0 Å². The predicted molar refractivity (Wildman–Crippen MR) is 111 cm³/mol. The van der Waals surface area contributed by atoms with E-state index >= 15 is 0 Å². The molecule has 6 heteroatoms. The number of amides is 2. The Balaban J connectivity index is 2.07. The standard InChI is InChI=1S/C22H28N4O2/c1-15(2)28-20-12-11-19(13-18(20)14-23)25-22(27)24-16(3)21(26(4)5)17-9-7-6-8-10-17/h6-13,15-16,21H,1-5H3,(H2,24,25,27)/t16-,21-/m0/s1. The topological polar surface area (TPSA) is 77.4 Å². The Morgan fingerprint density at radius 3 is 2.36 bits per heavy atom. The molecule has 6 nitrogen and oxygen atoms in total. The molecule has 0 bridgehead atoms. The van der Waals surface area contributed by atoms with Crippen molar-refractivity contribution in [3.63, 3.8) is 0 Å². The Bertz CT molecular complexity index is 828. The van der Waals surface area contributed by atoms with Crippen molar-refractivity contribution in [1.82, 2.24) is 10.2 Å². The van der Waals surface area contributed by atoms with E-state index in [2.05, 4.69) is 21.6 Å². The Morgan fingerprint density at radius 1 is 1.11 bits per heavy atom. The van der Waals surface area contributed by atoms with Crippen LogP contribution in [0.4, 0.5) is 10.5 Å². The van der Waals surface area contributed by atoms with Crippen LogP contribution in [-0.4, -0.2) is 37.2 Å². The van der Waals surface area contributed by atoms with Gasteiger partial charge < -0.3 is 20.3 Å². The molecule has 2 aromatic carbocycles. The predicted octanol–water partition coefficient (Wildman–Crippen LogP) is 4.16. The molecular formula is C22H28N4O2. The van der Waals surface area contributed by atoms with Crippen molar-refractivity contribution in [2.75, 3.05) is 19.4 Å². The molecule has 2 rings (SSSR count). The fraction of sp³-hybridized carbons (Fsp3) is 0.364. The number of likely N-dealkylation sites (N-methyl/N-ethyl adjacent to an activating group) is 1. The Kier molecular flexibility index (Phi) is 7.42. The van der Waals surface area contributed by atoms with Crippen LogP contribution < -0.4 is 15.4 Å². The zero-order valence-electron chi connectivity index (χ0n) is 17.1. The first-order valence-electron chi connectivity index (χ1n) is 9.31. The summed E-state index contributed by atoms with van der Waals surface area (Å²) in [5.41, 5.74) is 2.05. The van der Waals surface area contributed by atoms with Gasteiger partial charge in [0, 0.05) is 11.7 Å². The maximum absolute atomic E-state index is 12.5. The molecule has 0 saturated carbocycles. The van der Waals surface area contributed by atoms with E-state index < -0.39 is 0 Å². The molecule has 148 valence electrons. The van der Waals surface area contributed by atoms with Gasteiger partial charge in [-0.3, -0.25) is 0 Å². The number of rotatable bonds is 7. The second kappa shape index (κ2) is 9.77. The quantitative estimate of drug-likeness (QED) is 0.756. The molecule has 2 aromatic rings. The second-order valence-corrected chi connectivity index (χ2v) is 7.20. The second-order valence-electron chi connectivity index (χ2n) is 7.20. The van der Waals surface area contributed by atoms with Gasteiger partial charge in [-0.2, -0.15) is 5.26 Å². The SMILES string of the molecule is CC(C)Oc1ccc(NC(=O)N[C@@H](C)[C@@H](c2ccccc2)N(C)C)cc1C#N. The molecule has 0 aromatic heterocycles. The highest BCUT2D eigenvalue weighted by Crippen LogP contribution is 2.24. The van der Waals surface area contributed by atoms with Crippen LogP contribution in [0.15, 0.2) is 48.5 Å². The zero-order valence-corrected chi connectivity index (χ0v) is 17.1. The largest absolute Gasteiger partial charge is 0.490 e. The first-order valence-corrected chi connectivity index (χ1v) is 9.31. The number of carbonyl (C=O) groups excluding carboxylic acids is 1. The number of benzene rings is 2. The van der Waals surface area contributed by atoms with Crippen molar-refractivity contribution in [3.05, 3.63) is 59.7 Å². The average Bonchev–Trinajstić information content (AvgIpc) is 2.63. The van der Waals surface area contributed by atoms with E-state index in [-0.39, 0.29) is 24.2 Å². The van der Waals surface area contributed by atoms with Crippen LogP contribution in [0.5, 0.6) is 5.75 Å². The minimum absolute atomic E-state index is 0.0310. The maximum Gasteiger partial charge on any atom is 0.319 e. The van der Waals surface area contributed by atoms with E-state index in [1.165, 1.54) is 0 Å². The van der Waals surface area contributed by atoms with Crippen molar-refractivity contribution < 1.29 is 9.53 Å². The fourth-order valence-corrected chi connectivity index (χ4v) is 3.19. The summed E-state index contributed by atoms with van der Waals surface area (Å²) in [6.45, 7) is 5.77. The highest BCUT2D eigenvalue weighted by Gasteiger charge is 2.23. The molecule has 2 N–H and O–H groups in total. The van der Waals surface area contributed by atoms with Gasteiger partial charge in [0.05, 0.1) is 17.7 Å². The van der Waals surface area contributed by atoms with Crippen LogP contribution in [-0.2, 0) is 0 Å². The third-order valence-corrected chi connectivity index (χ3v) is 4.25. The number of hydrogen-bond donors (Lipinski definition) is 2. The lowest BCUT2D eigenvalue weighted by molar-refractivity contribution is 0.223. The van der Waals surface area contributed by atoms with Crippen LogP contribution in [0.1, 0.15) is 37.9 Å². The van der Waals surface area contributed by atoms with Crippen molar-refractivity contribution in [2.45, 2.75) is 39.0 Å². The van der Waals surface area contributed by atoms with Gasteiger partial charge in [-0.25, -0.2) is 4.79 Å². The molecule has 2 atom stereocenters. The number of carbonyl (C=O) groups is 1. The van der Waals surface area contributed by atoms with Gasteiger partial charge in [0.1, 0.15) is 11.8 Å². The maximum atomic E-state index is 12.5. The van der Waals surface area contributed by atoms with Crippen molar-refractivity contribution in [1.29, 1.82) is 5.26 Å². The summed E-state index contributed by atoms with van der Waals surface area (Å²) in [7, 11) is 3.97. The van der Waals surface area contributed by atoms with E-state index in [1.807, 2.05) is 65.2 Å². The monoisotopic (exact) mass is 380 g/mol. The molecule has 0 unspecified atom stereocenters. The van der Waals surface area contributed by atoms with Gasteiger partial charge in [0.15, 0.2) is 0 Å². The smallest absolute Gasteiger partial charge is 0.319 e. The molecule has 0 heterocycles. The van der Waals surface area contributed by atoms with E-state index in [1.54, 1.807) is 18.2 Å². The number of nitrogens with one attached hydrogen (secondary N) is 2. The third-order valence-electron chi connectivity index (χ3n) is 4.25. The summed E-state index contributed by atoms with van der Waals surface area (Å²) in [5.74, 6) is 0.508. The number of hydrogen-bond acceptors (Lipinski definition) is 4. The number of anilines is 1. The molecule has 0 spiro atoms. The minimum Gasteiger partial charge on any atom is -0.490 e. The Morgan fingerprint density at radius 2 is 1.79 bits per heavy atom. The number of nitrogens with zero attached hydrogens (tertiary/aromatic N) is 2. The van der Waals surface area contributed by atoms with Gasteiger partial charge in [-0.1, -0.05) is 30.3 Å². The van der Waals surface area contributed by atoms with Gasteiger partial charge >= 0.3 is 6.03 Å². The number of ether oxygens (including phenoxy) is 1. The summed E-state index contributed by atoms with van der Waals surface area (Å²) in [5, 5.41) is 15.1. The normalized spacial score (nSPS) is 12.9. The molecule has 28 heavy (non-hydrogen) atoms. The van der Waals surface area contributed by atoms with Gasteiger partial charge in [-0.15, -0.1) is 0 Å². The lowest BCUT2D eigenvalue weighted by Gasteiger charge is -2.31. The lowest BCUT2D eigenvalue weighted by Crippen LogP contribution is -2.44. The molecule has 0 radical (unpaired) electrons. The minimum atomic E-state index is -0.323. The van der Waals surface area contributed by atoms with Crippen LogP contribution >= 0.6 is 0 Å². The van der Waals surface area contributed by atoms with Crippen LogP contribution in [0.2, 0.25) is 0 Å². The number of urea groups is 1. The summed E-state index contributed by atoms with van der Waals surface area (Å²) in [4.78, 5) is 14.6. The zero-order chi connectivity index (χ0) is 20.7. The highest BCUT2D eigenvalue weighted by atomic mass is 16.5. The first-order chi connectivity index (χ1) is 13.3. The van der Waals surface area contributed by atoms with Crippen molar-refractivity contribution in [3.8, 4) is 11.8 Å². The first kappa shape index (κ1) is 21.3. The third kappa shape index (κ3) is 5.73. The Hall–Kier alpha value is -3.04. The molecule has 0 aliphatic heterocycles. The van der Waals surface area contributed by atoms with Crippen LogP contribution in [0.3, 0.4) is 0 Å². The molecule has 0 aliphatic rings. The van der Waals surface area contributed by atoms with Crippen molar-refractivity contribution >= 4 is 11.7 Å². The van der Waals surface area contributed by atoms with Crippen LogP contribution in [0.25, 0.3) is 0 Å². The van der Waals surface area contributed by atoms with Crippen LogP contribution in [0, 0.1) is 11.3 Å². The van der Waals surface area contributed by atoms with E-state index in [9.17, 15) is 10.1 Å². The van der Waals surface area contributed by atoms with Gasteiger partial charge in [-0.05, 0) is 58.6 Å². The molecule has 0 fully saturated rings. The summed E-state index contributed by atoms with van der Waals surface area (Å²) >= 11 is 0. The molecule has 0 saturated heterocycles. The average molecular weight is 380 g/mol. The molecule has 2 amide bonds. The van der Waals surface area contributed by atoms with Gasteiger partial charge in [0.25, 0.3) is 0 Å². The summed E-state index contributed by atoms with van der Waals surface area (Å²) < 4.78 is 5.61. The lowest BCUT2D eigenvalue weighted by atomic mass is 9.99. The highest BCUT2D eigenvalue weighted by molar-refractivity contribution is 5.89. The Labute approximate surface area is 167 Å². The summed E-state index contributed by atoms with van der Waals surface area (Å²) in [6.07, 6.45) is -0.0315.